The first-order valence-corrected chi connectivity index (χ1v) is 4.33. The molecule has 0 saturated heterocycles. The van der Waals surface area contributed by atoms with Crippen molar-refractivity contribution in [2.24, 2.45) is 0 Å². The summed E-state index contributed by atoms with van der Waals surface area (Å²) >= 11 is 4.05. The Labute approximate surface area is 76.0 Å². The van der Waals surface area contributed by atoms with Gasteiger partial charge < -0.3 is 4.42 Å². The molecule has 0 atom stereocenters. The van der Waals surface area contributed by atoms with E-state index in [9.17, 15) is 0 Å². The fraction of sp³-hybridized carbons (Fsp3) is 0.222. The molecule has 0 aliphatic rings. The number of fused-ring (bicyclic) bond motifs is 1. The Hall–Kier alpha value is -0.960. The van der Waals surface area contributed by atoms with Crippen LogP contribution in [0.4, 0.5) is 0 Å². The zero-order valence-electron chi connectivity index (χ0n) is 6.74. The van der Waals surface area contributed by atoms with E-state index in [1.165, 1.54) is 5.56 Å². The van der Waals surface area contributed by atoms with E-state index >= 15 is 0 Å². The van der Waals surface area contributed by atoms with Gasteiger partial charge in [-0.3, -0.25) is 0 Å². The third kappa shape index (κ3) is 1.10. The second-order valence-electron chi connectivity index (χ2n) is 2.61. The Balaban J connectivity index is 2.78. The molecule has 0 spiro atoms. The molecule has 3 heteroatoms. The molecule has 1 aromatic carbocycles. The minimum absolute atomic E-state index is 0.436. The number of aryl methyl sites for hydroxylation is 1. The SMILES string of the molecule is CCc1cccc2oc(S)nc12. The maximum absolute atomic E-state index is 5.26. The summed E-state index contributed by atoms with van der Waals surface area (Å²) in [6.45, 7) is 2.10. The molecule has 2 rings (SSSR count). The van der Waals surface area contributed by atoms with Gasteiger partial charge in [0.2, 0.25) is 0 Å². The van der Waals surface area contributed by atoms with Crippen LogP contribution in [0.1, 0.15) is 12.5 Å². The van der Waals surface area contributed by atoms with Crippen LogP contribution in [0.2, 0.25) is 0 Å². The minimum atomic E-state index is 0.436. The summed E-state index contributed by atoms with van der Waals surface area (Å²) in [5, 5.41) is 0.436. The normalized spacial score (nSPS) is 10.8. The van der Waals surface area contributed by atoms with Crippen molar-refractivity contribution in [1.82, 2.24) is 4.98 Å². The first kappa shape index (κ1) is 7.68. The van der Waals surface area contributed by atoms with Gasteiger partial charge in [0.1, 0.15) is 5.52 Å². The predicted molar refractivity (Wildman–Crippen MR) is 50.6 cm³/mol. The molecule has 0 aliphatic heterocycles. The highest BCUT2D eigenvalue weighted by Gasteiger charge is 2.04. The zero-order valence-corrected chi connectivity index (χ0v) is 7.64. The van der Waals surface area contributed by atoms with Crippen molar-refractivity contribution >= 4 is 23.7 Å². The van der Waals surface area contributed by atoms with Gasteiger partial charge in [0.05, 0.1) is 0 Å². The number of para-hydroxylation sites is 1. The number of rotatable bonds is 1. The summed E-state index contributed by atoms with van der Waals surface area (Å²) in [6, 6.07) is 5.93. The molecule has 0 amide bonds. The van der Waals surface area contributed by atoms with Gasteiger partial charge >= 0.3 is 0 Å². The van der Waals surface area contributed by atoms with Gasteiger partial charge in [0.15, 0.2) is 5.58 Å². The van der Waals surface area contributed by atoms with Gasteiger partial charge in [-0.1, -0.05) is 31.7 Å². The molecule has 2 nitrogen and oxygen atoms in total. The number of oxazole rings is 1. The van der Waals surface area contributed by atoms with Gasteiger partial charge in [-0.25, -0.2) is 4.98 Å². The highest BCUT2D eigenvalue weighted by molar-refractivity contribution is 7.80. The van der Waals surface area contributed by atoms with Crippen LogP contribution in [0.3, 0.4) is 0 Å². The lowest BCUT2D eigenvalue weighted by atomic mass is 10.1. The Bertz CT molecular complexity index is 408. The van der Waals surface area contributed by atoms with Crippen LogP contribution < -0.4 is 0 Å². The standard InChI is InChI=1S/C9H9NOS/c1-2-6-4-3-5-7-8(6)10-9(12)11-7/h3-5H,2H2,1H3,(H,10,12). The molecule has 62 valence electrons. The molecule has 0 unspecified atom stereocenters. The summed E-state index contributed by atoms with van der Waals surface area (Å²) in [4.78, 5) is 4.18. The maximum Gasteiger partial charge on any atom is 0.253 e. The van der Waals surface area contributed by atoms with E-state index in [1.807, 2.05) is 12.1 Å². The molecule has 2 aromatic rings. The van der Waals surface area contributed by atoms with E-state index < -0.39 is 0 Å². The highest BCUT2D eigenvalue weighted by atomic mass is 32.1. The Morgan fingerprint density at radius 1 is 1.50 bits per heavy atom. The van der Waals surface area contributed by atoms with Crippen molar-refractivity contribution in [3.05, 3.63) is 23.8 Å². The van der Waals surface area contributed by atoms with Gasteiger partial charge in [-0.15, -0.1) is 0 Å². The third-order valence-electron chi connectivity index (χ3n) is 1.87. The van der Waals surface area contributed by atoms with Gasteiger partial charge in [-0.05, 0) is 18.1 Å². The molecular formula is C9H9NOS. The molecule has 0 aliphatic carbocycles. The maximum atomic E-state index is 5.26. The van der Waals surface area contributed by atoms with E-state index in [4.69, 9.17) is 4.42 Å². The second-order valence-corrected chi connectivity index (χ2v) is 3.00. The predicted octanol–water partition coefficient (Wildman–Crippen LogP) is 2.68. The van der Waals surface area contributed by atoms with Crippen molar-refractivity contribution in [1.29, 1.82) is 0 Å². The van der Waals surface area contributed by atoms with E-state index in [1.54, 1.807) is 0 Å². The number of thiol groups is 1. The van der Waals surface area contributed by atoms with Crippen LogP contribution in [0.15, 0.2) is 27.8 Å². The largest absolute Gasteiger partial charge is 0.432 e. The minimum Gasteiger partial charge on any atom is -0.432 e. The fourth-order valence-corrected chi connectivity index (χ4v) is 1.48. The molecule has 0 N–H and O–H groups in total. The van der Waals surface area contributed by atoms with Crippen molar-refractivity contribution in [2.45, 2.75) is 18.6 Å². The second kappa shape index (κ2) is 2.83. The monoisotopic (exact) mass is 179 g/mol. The number of aromatic nitrogens is 1. The van der Waals surface area contributed by atoms with Crippen molar-refractivity contribution in [2.75, 3.05) is 0 Å². The first-order valence-electron chi connectivity index (χ1n) is 3.88. The van der Waals surface area contributed by atoms with E-state index in [2.05, 4.69) is 30.6 Å². The lowest BCUT2D eigenvalue weighted by molar-refractivity contribution is 0.492. The summed E-state index contributed by atoms with van der Waals surface area (Å²) in [5.74, 6) is 0. The van der Waals surface area contributed by atoms with Gasteiger partial charge in [0.25, 0.3) is 5.22 Å². The molecule has 1 heterocycles. The van der Waals surface area contributed by atoms with Crippen molar-refractivity contribution in [3.63, 3.8) is 0 Å². The summed E-state index contributed by atoms with van der Waals surface area (Å²) < 4.78 is 5.26. The zero-order chi connectivity index (χ0) is 8.55. The summed E-state index contributed by atoms with van der Waals surface area (Å²) in [7, 11) is 0. The van der Waals surface area contributed by atoms with E-state index in [0.717, 1.165) is 17.5 Å². The van der Waals surface area contributed by atoms with E-state index in [-0.39, 0.29) is 0 Å². The molecule has 0 radical (unpaired) electrons. The van der Waals surface area contributed by atoms with Crippen LogP contribution in [-0.2, 0) is 6.42 Å². The van der Waals surface area contributed by atoms with Crippen molar-refractivity contribution in [3.8, 4) is 0 Å². The molecule has 0 fully saturated rings. The first-order chi connectivity index (χ1) is 5.81. The molecule has 1 aromatic heterocycles. The lowest BCUT2D eigenvalue weighted by Gasteiger charge is -1.93. The highest BCUT2D eigenvalue weighted by Crippen LogP contribution is 2.21. The lowest BCUT2D eigenvalue weighted by Crippen LogP contribution is -1.80. The Kier molecular flexibility index (Phi) is 1.81. The van der Waals surface area contributed by atoms with Crippen LogP contribution in [0.5, 0.6) is 0 Å². The smallest absolute Gasteiger partial charge is 0.253 e. The van der Waals surface area contributed by atoms with Gasteiger partial charge in [-0.2, -0.15) is 0 Å². The number of nitrogens with zero attached hydrogens (tertiary/aromatic N) is 1. The molecule has 12 heavy (non-hydrogen) atoms. The Morgan fingerprint density at radius 2 is 2.33 bits per heavy atom. The number of hydrogen-bond donors (Lipinski definition) is 1. The average Bonchev–Trinajstić information content (AvgIpc) is 2.44. The van der Waals surface area contributed by atoms with Crippen LogP contribution in [0, 0.1) is 0 Å². The number of hydrogen-bond acceptors (Lipinski definition) is 3. The molecule has 0 bridgehead atoms. The van der Waals surface area contributed by atoms with Crippen molar-refractivity contribution < 1.29 is 4.42 Å². The fourth-order valence-electron chi connectivity index (χ4n) is 1.28. The van der Waals surface area contributed by atoms with Crippen LogP contribution >= 0.6 is 12.6 Å². The Morgan fingerprint density at radius 3 is 3.08 bits per heavy atom. The average molecular weight is 179 g/mol. The van der Waals surface area contributed by atoms with Gasteiger partial charge in [0, 0.05) is 0 Å². The quantitative estimate of drug-likeness (QED) is 0.681. The summed E-state index contributed by atoms with van der Waals surface area (Å²) in [6.07, 6.45) is 0.969. The third-order valence-corrected chi connectivity index (χ3v) is 2.06. The number of benzene rings is 1. The van der Waals surface area contributed by atoms with E-state index in [0.29, 0.717) is 5.22 Å². The summed E-state index contributed by atoms with van der Waals surface area (Å²) in [5.41, 5.74) is 2.96. The van der Waals surface area contributed by atoms with Crippen LogP contribution in [-0.4, -0.2) is 4.98 Å². The molecule has 0 saturated carbocycles. The molecular weight excluding hydrogens is 170 g/mol. The van der Waals surface area contributed by atoms with Crippen LogP contribution in [0.25, 0.3) is 11.1 Å². The topological polar surface area (TPSA) is 26.0 Å².